The number of hydrogen-bond donors (Lipinski definition) is 1. The summed E-state index contributed by atoms with van der Waals surface area (Å²) in [5, 5.41) is 11.2. The summed E-state index contributed by atoms with van der Waals surface area (Å²) >= 11 is 0. The van der Waals surface area contributed by atoms with E-state index in [9.17, 15) is 9.18 Å². The summed E-state index contributed by atoms with van der Waals surface area (Å²) in [4.78, 5) is 13.8. The first-order chi connectivity index (χ1) is 14.2. The van der Waals surface area contributed by atoms with Crippen LogP contribution in [0, 0.1) is 5.82 Å². The van der Waals surface area contributed by atoms with Crippen molar-refractivity contribution in [1.82, 2.24) is 20.3 Å². The van der Waals surface area contributed by atoms with Crippen LogP contribution in [0.4, 0.5) is 4.39 Å². The van der Waals surface area contributed by atoms with Crippen molar-refractivity contribution < 1.29 is 13.9 Å². The maximum Gasteiger partial charge on any atom is 0.273 e. The maximum absolute atomic E-state index is 13.0. The van der Waals surface area contributed by atoms with Crippen molar-refractivity contribution >= 4 is 5.91 Å². The molecule has 0 saturated heterocycles. The zero-order valence-corrected chi connectivity index (χ0v) is 15.3. The number of benzene rings is 3. The fraction of sp³-hybridized carbons (Fsp3) is 0.0455. The van der Waals surface area contributed by atoms with E-state index >= 15 is 0 Å². The van der Waals surface area contributed by atoms with E-state index in [1.165, 1.54) is 23.1 Å². The number of para-hydroxylation sites is 1. The molecule has 0 aliphatic heterocycles. The monoisotopic (exact) mass is 388 g/mol. The van der Waals surface area contributed by atoms with E-state index in [4.69, 9.17) is 4.74 Å². The normalized spacial score (nSPS) is 10.5. The van der Waals surface area contributed by atoms with E-state index in [1.807, 2.05) is 48.5 Å². The second-order valence-corrected chi connectivity index (χ2v) is 6.24. The van der Waals surface area contributed by atoms with E-state index in [0.717, 1.165) is 11.3 Å². The molecule has 1 heterocycles. The molecule has 1 N–H and O–H groups in total. The summed E-state index contributed by atoms with van der Waals surface area (Å²) in [5.74, 6) is 0.485. The Labute approximate surface area is 166 Å². The molecule has 0 atom stereocenters. The predicted molar refractivity (Wildman–Crippen MR) is 105 cm³/mol. The molecule has 144 valence electrons. The molecule has 6 nitrogen and oxygen atoms in total. The molecule has 3 aromatic carbocycles. The van der Waals surface area contributed by atoms with Crippen LogP contribution in [-0.2, 0) is 6.54 Å². The molecular weight excluding hydrogens is 371 g/mol. The third-order valence-electron chi connectivity index (χ3n) is 4.11. The highest BCUT2D eigenvalue weighted by molar-refractivity contribution is 5.91. The average molecular weight is 388 g/mol. The second kappa shape index (κ2) is 8.35. The molecule has 0 aliphatic rings. The third kappa shape index (κ3) is 4.65. The molecular formula is C22H17FN4O2. The quantitative estimate of drug-likeness (QED) is 0.539. The number of carbonyl (C=O) groups is 1. The number of nitrogens with one attached hydrogen (secondary N) is 1. The van der Waals surface area contributed by atoms with Crippen molar-refractivity contribution in [3.63, 3.8) is 0 Å². The standard InChI is InChI=1S/C22H17FN4O2/c23-17-9-11-19(12-10-17)29-20-8-4-5-16(13-20)14-24-22(28)21-15-25-27(26-21)18-6-2-1-3-7-18/h1-13,15H,14H2,(H,24,28). The first kappa shape index (κ1) is 18.4. The Bertz CT molecular complexity index is 1110. The lowest BCUT2D eigenvalue weighted by atomic mass is 10.2. The van der Waals surface area contributed by atoms with Crippen LogP contribution in [0.5, 0.6) is 11.5 Å². The largest absolute Gasteiger partial charge is 0.457 e. The van der Waals surface area contributed by atoms with Gasteiger partial charge in [-0.25, -0.2) is 4.39 Å². The van der Waals surface area contributed by atoms with Gasteiger partial charge in [-0.1, -0.05) is 30.3 Å². The molecule has 0 bridgehead atoms. The van der Waals surface area contributed by atoms with Crippen LogP contribution < -0.4 is 10.1 Å². The summed E-state index contributed by atoms with van der Waals surface area (Å²) in [5.41, 5.74) is 1.86. The van der Waals surface area contributed by atoms with E-state index in [-0.39, 0.29) is 17.4 Å². The number of aromatic nitrogens is 3. The molecule has 7 heteroatoms. The molecule has 0 radical (unpaired) electrons. The minimum atomic E-state index is -0.322. The van der Waals surface area contributed by atoms with Gasteiger partial charge >= 0.3 is 0 Å². The molecule has 4 aromatic rings. The fourth-order valence-corrected chi connectivity index (χ4v) is 2.68. The summed E-state index contributed by atoms with van der Waals surface area (Å²) in [6.45, 7) is 0.303. The number of hydrogen-bond acceptors (Lipinski definition) is 4. The van der Waals surface area contributed by atoms with E-state index < -0.39 is 0 Å². The van der Waals surface area contributed by atoms with Crippen LogP contribution >= 0.6 is 0 Å². The summed E-state index contributed by atoms with van der Waals surface area (Å²) in [6.07, 6.45) is 1.43. The Hall–Kier alpha value is -4.00. The van der Waals surface area contributed by atoms with Gasteiger partial charge in [-0.3, -0.25) is 4.79 Å². The molecule has 0 saturated carbocycles. The summed E-state index contributed by atoms with van der Waals surface area (Å²) in [6, 6.07) is 22.4. The van der Waals surface area contributed by atoms with Gasteiger partial charge in [0.1, 0.15) is 17.3 Å². The molecule has 0 aliphatic carbocycles. The molecule has 0 unspecified atom stereocenters. The van der Waals surface area contributed by atoms with Gasteiger partial charge in [-0.15, -0.1) is 5.10 Å². The van der Waals surface area contributed by atoms with Crippen molar-refractivity contribution in [2.75, 3.05) is 0 Å². The zero-order valence-electron chi connectivity index (χ0n) is 15.3. The van der Waals surface area contributed by atoms with Crippen LogP contribution in [0.15, 0.2) is 85.1 Å². The fourth-order valence-electron chi connectivity index (χ4n) is 2.68. The van der Waals surface area contributed by atoms with E-state index in [1.54, 1.807) is 18.2 Å². The van der Waals surface area contributed by atoms with Crippen LogP contribution in [0.25, 0.3) is 5.69 Å². The van der Waals surface area contributed by atoms with Crippen LogP contribution in [0.3, 0.4) is 0 Å². The zero-order chi connectivity index (χ0) is 20.1. The highest BCUT2D eigenvalue weighted by Crippen LogP contribution is 2.22. The smallest absolute Gasteiger partial charge is 0.273 e. The number of nitrogens with zero attached hydrogens (tertiary/aromatic N) is 3. The van der Waals surface area contributed by atoms with Gasteiger partial charge in [-0.2, -0.15) is 9.90 Å². The maximum atomic E-state index is 13.0. The molecule has 0 fully saturated rings. The number of amides is 1. The van der Waals surface area contributed by atoms with Gasteiger partial charge in [0, 0.05) is 6.54 Å². The topological polar surface area (TPSA) is 69.0 Å². The van der Waals surface area contributed by atoms with Crippen molar-refractivity contribution in [3.8, 4) is 17.2 Å². The summed E-state index contributed by atoms with van der Waals surface area (Å²) < 4.78 is 18.7. The van der Waals surface area contributed by atoms with Gasteiger partial charge in [0.15, 0.2) is 5.69 Å². The number of carbonyl (C=O) groups excluding carboxylic acids is 1. The lowest BCUT2D eigenvalue weighted by Crippen LogP contribution is -2.23. The molecule has 4 rings (SSSR count). The lowest BCUT2D eigenvalue weighted by Gasteiger charge is -2.08. The van der Waals surface area contributed by atoms with Gasteiger partial charge in [0.25, 0.3) is 5.91 Å². The van der Waals surface area contributed by atoms with Crippen LogP contribution in [0.1, 0.15) is 16.1 Å². The summed E-state index contributed by atoms with van der Waals surface area (Å²) in [7, 11) is 0. The SMILES string of the molecule is O=C(NCc1cccc(Oc2ccc(F)cc2)c1)c1cnn(-c2ccccc2)n1. The Balaban J connectivity index is 1.38. The molecule has 1 aromatic heterocycles. The highest BCUT2D eigenvalue weighted by Gasteiger charge is 2.11. The van der Waals surface area contributed by atoms with Gasteiger partial charge in [0.05, 0.1) is 11.9 Å². The molecule has 1 amide bonds. The number of rotatable bonds is 6. The van der Waals surface area contributed by atoms with Crippen molar-refractivity contribution in [3.05, 3.63) is 102 Å². The number of halogens is 1. The lowest BCUT2D eigenvalue weighted by molar-refractivity contribution is 0.0945. The first-order valence-corrected chi connectivity index (χ1v) is 8.96. The Kier molecular flexibility index (Phi) is 5.29. The Morgan fingerprint density at radius 2 is 1.76 bits per heavy atom. The average Bonchev–Trinajstić information content (AvgIpc) is 3.25. The minimum absolute atomic E-state index is 0.229. The Morgan fingerprint density at radius 1 is 0.966 bits per heavy atom. The predicted octanol–water partition coefficient (Wildman–Crippen LogP) is 4.13. The van der Waals surface area contributed by atoms with Crippen LogP contribution in [0.2, 0.25) is 0 Å². The first-order valence-electron chi connectivity index (χ1n) is 8.96. The molecule has 29 heavy (non-hydrogen) atoms. The van der Waals surface area contributed by atoms with E-state index in [0.29, 0.717) is 18.0 Å². The van der Waals surface area contributed by atoms with Crippen molar-refractivity contribution in [1.29, 1.82) is 0 Å². The van der Waals surface area contributed by atoms with Gasteiger partial charge in [-0.05, 0) is 54.1 Å². The second-order valence-electron chi connectivity index (χ2n) is 6.24. The van der Waals surface area contributed by atoms with E-state index in [2.05, 4.69) is 15.5 Å². The van der Waals surface area contributed by atoms with Crippen LogP contribution in [-0.4, -0.2) is 20.9 Å². The third-order valence-corrected chi connectivity index (χ3v) is 4.11. The number of ether oxygens (including phenoxy) is 1. The molecule has 0 spiro atoms. The van der Waals surface area contributed by atoms with Crippen molar-refractivity contribution in [2.45, 2.75) is 6.54 Å². The van der Waals surface area contributed by atoms with Gasteiger partial charge < -0.3 is 10.1 Å². The highest BCUT2D eigenvalue weighted by atomic mass is 19.1. The minimum Gasteiger partial charge on any atom is -0.457 e. The van der Waals surface area contributed by atoms with Crippen molar-refractivity contribution in [2.24, 2.45) is 0 Å². The Morgan fingerprint density at radius 3 is 2.55 bits per heavy atom. The van der Waals surface area contributed by atoms with Gasteiger partial charge in [0.2, 0.25) is 0 Å².